The second-order valence-corrected chi connectivity index (χ2v) is 5.63. The number of rotatable bonds is 3. The summed E-state index contributed by atoms with van der Waals surface area (Å²) >= 11 is 6.11. The number of nitrogens with two attached hydrogens (primary N) is 1. The lowest BCUT2D eigenvalue weighted by atomic mass is 9.91. The van der Waals surface area contributed by atoms with Crippen molar-refractivity contribution < 1.29 is 0 Å². The molecule has 0 aliphatic heterocycles. The number of halogens is 1. The zero-order valence-corrected chi connectivity index (χ0v) is 11.2. The highest BCUT2D eigenvalue weighted by molar-refractivity contribution is 6.31. The fourth-order valence-electron chi connectivity index (χ4n) is 2.74. The smallest absolute Gasteiger partial charge is 0.0709 e. The number of fused-ring (bicyclic) bond motifs is 1. The quantitative estimate of drug-likeness (QED) is 0.915. The molecule has 1 saturated carbocycles. The number of hydrogen-bond acceptors (Lipinski definition) is 2. The predicted molar refractivity (Wildman–Crippen MR) is 76.0 cm³/mol. The van der Waals surface area contributed by atoms with Gasteiger partial charge in [-0.2, -0.15) is 0 Å². The highest BCUT2D eigenvalue weighted by atomic mass is 35.5. The van der Waals surface area contributed by atoms with Gasteiger partial charge in [0.05, 0.1) is 5.52 Å². The van der Waals surface area contributed by atoms with Crippen LogP contribution in [-0.2, 0) is 0 Å². The number of nitrogens with zero attached hydrogens (tertiary/aromatic N) is 1. The Morgan fingerprint density at radius 2 is 2.17 bits per heavy atom. The van der Waals surface area contributed by atoms with E-state index >= 15 is 0 Å². The molecular formula is C15H17ClN2. The van der Waals surface area contributed by atoms with Crippen LogP contribution in [0.5, 0.6) is 0 Å². The lowest BCUT2D eigenvalue weighted by Gasteiger charge is -2.17. The van der Waals surface area contributed by atoms with Crippen LogP contribution < -0.4 is 5.73 Å². The molecule has 3 rings (SSSR count). The average Bonchev–Trinajstić information content (AvgIpc) is 3.15. The lowest BCUT2D eigenvalue weighted by Crippen LogP contribution is -2.15. The first-order valence-corrected chi connectivity index (χ1v) is 6.83. The molecule has 2 aromatic rings. The van der Waals surface area contributed by atoms with Crippen molar-refractivity contribution in [1.82, 2.24) is 4.98 Å². The third-order valence-electron chi connectivity index (χ3n) is 3.78. The van der Waals surface area contributed by atoms with Crippen molar-refractivity contribution in [2.24, 2.45) is 11.7 Å². The van der Waals surface area contributed by atoms with Crippen molar-refractivity contribution in [2.75, 3.05) is 6.54 Å². The Kier molecular flexibility index (Phi) is 3.00. The summed E-state index contributed by atoms with van der Waals surface area (Å²) in [5.41, 5.74) is 9.37. The second kappa shape index (κ2) is 4.52. The Hall–Kier alpha value is -1.12. The van der Waals surface area contributed by atoms with Crippen LogP contribution >= 0.6 is 11.6 Å². The first-order valence-electron chi connectivity index (χ1n) is 6.46. The van der Waals surface area contributed by atoms with Crippen LogP contribution in [0.4, 0.5) is 0 Å². The monoisotopic (exact) mass is 260 g/mol. The van der Waals surface area contributed by atoms with Crippen molar-refractivity contribution in [3.63, 3.8) is 0 Å². The largest absolute Gasteiger partial charge is 0.330 e. The van der Waals surface area contributed by atoms with Crippen molar-refractivity contribution >= 4 is 22.5 Å². The summed E-state index contributed by atoms with van der Waals surface area (Å²) in [7, 11) is 0. The van der Waals surface area contributed by atoms with Gasteiger partial charge < -0.3 is 5.73 Å². The number of hydrogen-bond donors (Lipinski definition) is 1. The van der Waals surface area contributed by atoms with Gasteiger partial charge in [-0.15, -0.1) is 0 Å². The standard InChI is InChI=1S/C15H17ClN2/c1-9-6-12(14(8-17)10-2-3-10)13-7-11(16)4-5-15(13)18-9/h4-7,10,14H,2-3,8,17H2,1H3. The molecule has 1 heterocycles. The number of pyridine rings is 1. The molecular weight excluding hydrogens is 244 g/mol. The van der Waals surface area contributed by atoms with Crippen LogP contribution in [0.15, 0.2) is 24.3 Å². The minimum Gasteiger partial charge on any atom is -0.330 e. The van der Waals surface area contributed by atoms with Crippen LogP contribution in [0.3, 0.4) is 0 Å². The summed E-state index contributed by atoms with van der Waals surface area (Å²) in [6, 6.07) is 8.08. The summed E-state index contributed by atoms with van der Waals surface area (Å²) in [6.45, 7) is 2.74. The topological polar surface area (TPSA) is 38.9 Å². The predicted octanol–water partition coefficient (Wildman–Crippen LogP) is 3.65. The molecule has 0 saturated heterocycles. The summed E-state index contributed by atoms with van der Waals surface area (Å²) in [5.74, 6) is 1.20. The van der Waals surface area contributed by atoms with E-state index in [9.17, 15) is 0 Å². The Morgan fingerprint density at radius 1 is 1.39 bits per heavy atom. The van der Waals surface area contributed by atoms with Gasteiger partial charge in [-0.3, -0.25) is 4.98 Å². The molecule has 2 N–H and O–H groups in total. The van der Waals surface area contributed by atoms with E-state index in [2.05, 4.69) is 11.1 Å². The highest BCUT2D eigenvalue weighted by Gasteiger charge is 2.32. The van der Waals surface area contributed by atoms with E-state index in [0.717, 1.165) is 27.5 Å². The molecule has 2 nitrogen and oxygen atoms in total. The molecule has 3 heteroatoms. The summed E-state index contributed by atoms with van der Waals surface area (Å²) in [5, 5.41) is 1.93. The third kappa shape index (κ3) is 2.11. The average molecular weight is 261 g/mol. The van der Waals surface area contributed by atoms with E-state index in [0.29, 0.717) is 12.5 Å². The molecule has 1 aliphatic rings. The Morgan fingerprint density at radius 3 is 2.83 bits per heavy atom. The molecule has 1 aromatic heterocycles. The molecule has 18 heavy (non-hydrogen) atoms. The number of benzene rings is 1. The molecule has 1 fully saturated rings. The van der Waals surface area contributed by atoms with Crippen molar-refractivity contribution in [2.45, 2.75) is 25.7 Å². The minimum atomic E-state index is 0.452. The Balaban J connectivity index is 2.21. The van der Waals surface area contributed by atoms with Crippen molar-refractivity contribution in [3.05, 3.63) is 40.5 Å². The molecule has 0 bridgehead atoms. The normalized spacial score (nSPS) is 17.1. The van der Waals surface area contributed by atoms with Crippen LogP contribution in [0.1, 0.15) is 30.0 Å². The molecule has 1 aliphatic carbocycles. The molecule has 0 amide bonds. The van der Waals surface area contributed by atoms with E-state index < -0.39 is 0 Å². The zero-order valence-electron chi connectivity index (χ0n) is 10.5. The van der Waals surface area contributed by atoms with Crippen molar-refractivity contribution in [3.8, 4) is 0 Å². The SMILES string of the molecule is Cc1cc(C(CN)C2CC2)c2cc(Cl)ccc2n1. The summed E-state index contributed by atoms with van der Waals surface area (Å²) in [4.78, 5) is 4.57. The fraction of sp³-hybridized carbons (Fsp3) is 0.400. The van der Waals surface area contributed by atoms with E-state index in [-0.39, 0.29) is 0 Å². The van der Waals surface area contributed by atoms with Gasteiger partial charge in [-0.25, -0.2) is 0 Å². The van der Waals surface area contributed by atoms with E-state index in [1.165, 1.54) is 18.4 Å². The number of aryl methyl sites for hydroxylation is 1. The lowest BCUT2D eigenvalue weighted by molar-refractivity contribution is 0.619. The van der Waals surface area contributed by atoms with Crippen molar-refractivity contribution in [1.29, 1.82) is 0 Å². The van der Waals surface area contributed by atoms with Gasteiger partial charge in [0.15, 0.2) is 0 Å². The van der Waals surface area contributed by atoms with Crippen LogP contribution in [-0.4, -0.2) is 11.5 Å². The molecule has 0 radical (unpaired) electrons. The minimum absolute atomic E-state index is 0.452. The van der Waals surface area contributed by atoms with Gasteiger partial charge >= 0.3 is 0 Å². The fourth-order valence-corrected chi connectivity index (χ4v) is 2.91. The second-order valence-electron chi connectivity index (χ2n) is 5.19. The van der Waals surface area contributed by atoms with Gasteiger partial charge in [0, 0.05) is 16.1 Å². The maximum absolute atomic E-state index is 6.11. The van der Waals surface area contributed by atoms with E-state index in [1.807, 2.05) is 25.1 Å². The number of aromatic nitrogens is 1. The Bertz CT molecular complexity index is 590. The molecule has 94 valence electrons. The zero-order chi connectivity index (χ0) is 12.7. The molecule has 1 unspecified atom stereocenters. The Labute approximate surface area is 112 Å². The van der Waals surface area contributed by atoms with Gasteiger partial charge in [0.2, 0.25) is 0 Å². The van der Waals surface area contributed by atoms with Gasteiger partial charge in [0.1, 0.15) is 0 Å². The van der Waals surface area contributed by atoms with Crippen LogP contribution in [0.25, 0.3) is 10.9 Å². The van der Waals surface area contributed by atoms with E-state index in [4.69, 9.17) is 17.3 Å². The first-order chi connectivity index (χ1) is 8.69. The molecule has 1 aromatic carbocycles. The maximum atomic E-state index is 6.11. The summed E-state index contributed by atoms with van der Waals surface area (Å²) in [6.07, 6.45) is 2.59. The first kappa shape index (κ1) is 11.9. The highest BCUT2D eigenvalue weighted by Crippen LogP contribution is 2.44. The van der Waals surface area contributed by atoms with Gasteiger partial charge in [0.25, 0.3) is 0 Å². The molecule has 1 atom stereocenters. The summed E-state index contributed by atoms with van der Waals surface area (Å²) < 4.78 is 0. The third-order valence-corrected chi connectivity index (χ3v) is 4.01. The maximum Gasteiger partial charge on any atom is 0.0709 e. The van der Waals surface area contributed by atoms with Crippen LogP contribution in [0, 0.1) is 12.8 Å². The molecule has 0 spiro atoms. The van der Waals surface area contributed by atoms with E-state index in [1.54, 1.807) is 0 Å². The van der Waals surface area contributed by atoms with Gasteiger partial charge in [-0.1, -0.05) is 11.6 Å². The van der Waals surface area contributed by atoms with Crippen LogP contribution in [0.2, 0.25) is 5.02 Å². The van der Waals surface area contributed by atoms with Gasteiger partial charge in [-0.05, 0) is 68.0 Å².